The van der Waals surface area contributed by atoms with Gasteiger partial charge in [-0.2, -0.15) is 0 Å². The van der Waals surface area contributed by atoms with E-state index in [1.165, 1.54) is 0 Å². The summed E-state index contributed by atoms with van der Waals surface area (Å²) in [6.45, 7) is 9.98. The first-order chi connectivity index (χ1) is 5.94. The molecule has 0 aliphatic carbocycles. The van der Waals surface area contributed by atoms with Crippen LogP contribution in [0, 0.1) is 0 Å². The minimum absolute atomic E-state index is 0.0707. The Morgan fingerprint density at radius 1 is 1.62 bits per heavy atom. The first-order valence-corrected chi connectivity index (χ1v) is 4.99. The molecule has 0 aromatic rings. The summed E-state index contributed by atoms with van der Waals surface area (Å²) < 4.78 is 0. The number of carbonyl (C=O) groups excluding carboxylic acids is 1. The summed E-state index contributed by atoms with van der Waals surface area (Å²) in [7, 11) is 0. The molecule has 3 heteroatoms. The van der Waals surface area contributed by atoms with E-state index in [-0.39, 0.29) is 11.4 Å². The Kier molecular flexibility index (Phi) is 2.96. The van der Waals surface area contributed by atoms with Crippen LogP contribution in [0.25, 0.3) is 0 Å². The smallest absolute Gasteiger partial charge is 0.234 e. The summed E-state index contributed by atoms with van der Waals surface area (Å²) in [6, 6.07) is 0.505. The van der Waals surface area contributed by atoms with Crippen LogP contribution >= 0.6 is 0 Å². The molecular formula is C10H20N2O. The van der Waals surface area contributed by atoms with Crippen molar-refractivity contribution in [1.29, 1.82) is 0 Å². The number of piperazine rings is 1. The van der Waals surface area contributed by atoms with Gasteiger partial charge < -0.3 is 5.32 Å². The van der Waals surface area contributed by atoms with Gasteiger partial charge in [-0.15, -0.1) is 0 Å². The average molecular weight is 184 g/mol. The lowest BCUT2D eigenvalue weighted by molar-refractivity contribution is -0.128. The van der Waals surface area contributed by atoms with Crippen molar-refractivity contribution in [2.24, 2.45) is 0 Å². The molecule has 76 valence electrons. The molecule has 0 aromatic heterocycles. The second-order valence-electron chi connectivity index (χ2n) is 4.59. The van der Waals surface area contributed by atoms with E-state index in [0.717, 1.165) is 13.0 Å². The maximum Gasteiger partial charge on any atom is 0.234 e. The summed E-state index contributed by atoms with van der Waals surface area (Å²) >= 11 is 0. The standard InChI is InChI=1S/C10H20N2O/c1-5-8(2)12-6-9(13)11-10(3,4)7-12/h8H,5-7H2,1-4H3,(H,11,13). The van der Waals surface area contributed by atoms with Crippen LogP contribution in [-0.2, 0) is 4.79 Å². The quantitative estimate of drug-likeness (QED) is 0.694. The van der Waals surface area contributed by atoms with Crippen LogP contribution < -0.4 is 5.32 Å². The highest BCUT2D eigenvalue weighted by molar-refractivity contribution is 5.79. The predicted octanol–water partition coefficient (Wildman–Crippen LogP) is 0.995. The van der Waals surface area contributed by atoms with Crippen molar-refractivity contribution < 1.29 is 4.79 Å². The van der Waals surface area contributed by atoms with Crippen LogP contribution in [0.1, 0.15) is 34.1 Å². The van der Waals surface area contributed by atoms with E-state index in [2.05, 4.69) is 37.9 Å². The van der Waals surface area contributed by atoms with Gasteiger partial charge in [-0.1, -0.05) is 6.92 Å². The molecule has 1 amide bonds. The van der Waals surface area contributed by atoms with E-state index in [9.17, 15) is 4.79 Å². The van der Waals surface area contributed by atoms with Crippen molar-refractivity contribution in [2.75, 3.05) is 13.1 Å². The molecule has 0 bridgehead atoms. The lowest BCUT2D eigenvalue weighted by Gasteiger charge is -2.41. The maximum atomic E-state index is 11.4. The molecule has 0 saturated carbocycles. The predicted molar refractivity (Wildman–Crippen MR) is 53.5 cm³/mol. The van der Waals surface area contributed by atoms with Gasteiger partial charge in [0.2, 0.25) is 5.91 Å². The first-order valence-electron chi connectivity index (χ1n) is 4.99. The van der Waals surface area contributed by atoms with E-state index in [4.69, 9.17) is 0 Å². The van der Waals surface area contributed by atoms with Crippen molar-refractivity contribution >= 4 is 5.91 Å². The van der Waals surface area contributed by atoms with Crippen LogP contribution in [0.2, 0.25) is 0 Å². The first kappa shape index (κ1) is 10.5. The van der Waals surface area contributed by atoms with Gasteiger partial charge in [-0.25, -0.2) is 0 Å². The van der Waals surface area contributed by atoms with Gasteiger partial charge in [0, 0.05) is 18.1 Å². The van der Waals surface area contributed by atoms with E-state index in [1.807, 2.05) is 0 Å². The Morgan fingerprint density at radius 3 is 2.69 bits per heavy atom. The third-order valence-corrected chi connectivity index (χ3v) is 2.64. The van der Waals surface area contributed by atoms with Gasteiger partial charge in [-0.3, -0.25) is 9.69 Å². The minimum atomic E-state index is -0.0707. The zero-order chi connectivity index (χ0) is 10.1. The Bertz CT molecular complexity index is 201. The molecular weight excluding hydrogens is 164 g/mol. The molecule has 1 aliphatic heterocycles. The Balaban J connectivity index is 2.62. The molecule has 1 heterocycles. The molecule has 0 spiro atoms. The largest absolute Gasteiger partial charge is 0.349 e. The molecule has 1 fully saturated rings. The molecule has 1 unspecified atom stereocenters. The zero-order valence-electron chi connectivity index (χ0n) is 9.05. The van der Waals surface area contributed by atoms with Gasteiger partial charge >= 0.3 is 0 Å². The van der Waals surface area contributed by atoms with Crippen molar-refractivity contribution in [3.8, 4) is 0 Å². The summed E-state index contributed by atoms with van der Waals surface area (Å²) in [4.78, 5) is 13.6. The Labute approximate surface area is 80.5 Å². The highest BCUT2D eigenvalue weighted by Gasteiger charge is 2.31. The third kappa shape index (κ3) is 2.69. The van der Waals surface area contributed by atoms with Crippen LogP contribution in [0.3, 0.4) is 0 Å². The summed E-state index contributed by atoms with van der Waals surface area (Å²) in [5.74, 6) is 0.150. The average Bonchev–Trinajstić information content (AvgIpc) is 1.99. The SMILES string of the molecule is CCC(C)N1CC(=O)NC(C)(C)C1. The minimum Gasteiger partial charge on any atom is -0.349 e. The van der Waals surface area contributed by atoms with Crippen molar-refractivity contribution in [2.45, 2.75) is 45.7 Å². The van der Waals surface area contributed by atoms with Crippen LogP contribution in [0.5, 0.6) is 0 Å². The molecule has 1 rings (SSSR count). The molecule has 13 heavy (non-hydrogen) atoms. The Morgan fingerprint density at radius 2 is 2.23 bits per heavy atom. The molecule has 0 aromatic carbocycles. The fourth-order valence-corrected chi connectivity index (χ4v) is 1.77. The van der Waals surface area contributed by atoms with Crippen molar-refractivity contribution in [3.05, 3.63) is 0 Å². The molecule has 1 saturated heterocycles. The van der Waals surface area contributed by atoms with Gasteiger partial charge in [0.1, 0.15) is 0 Å². The lowest BCUT2D eigenvalue weighted by atomic mass is 10.00. The molecule has 3 nitrogen and oxygen atoms in total. The monoisotopic (exact) mass is 184 g/mol. The number of rotatable bonds is 2. The molecule has 1 N–H and O–H groups in total. The second-order valence-corrected chi connectivity index (χ2v) is 4.59. The van der Waals surface area contributed by atoms with Crippen molar-refractivity contribution in [3.63, 3.8) is 0 Å². The fourth-order valence-electron chi connectivity index (χ4n) is 1.77. The van der Waals surface area contributed by atoms with Crippen LogP contribution in [0.15, 0.2) is 0 Å². The highest BCUT2D eigenvalue weighted by Crippen LogP contribution is 2.14. The number of amides is 1. The number of hydrogen-bond donors (Lipinski definition) is 1. The Hall–Kier alpha value is -0.570. The molecule has 0 radical (unpaired) electrons. The van der Waals surface area contributed by atoms with E-state index < -0.39 is 0 Å². The van der Waals surface area contributed by atoms with Crippen LogP contribution in [0.4, 0.5) is 0 Å². The van der Waals surface area contributed by atoms with Gasteiger partial charge in [0.15, 0.2) is 0 Å². The number of nitrogens with zero attached hydrogens (tertiary/aromatic N) is 1. The van der Waals surface area contributed by atoms with Gasteiger partial charge in [0.05, 0.1) is 6.54 Å². The second kappa shape index (κ2) is 3.66. The van der Waals surface area contributed by atoms with Gasteiger partial charge in [0.25, 0.3) is 0 Å². The zero-order valence-corrected chi connectivity index (χ0v) is 9.05. The highest BCUT2D eigenvalue weighted by atomic mass is 16.2. The number of nitrogens with one attached hydrogen (secondary N) is 1. The van der Waals surface area contributed by atoms with Crippen LogP contribution in [-0.4, -0.2) is 35.5 Å². The summed E-state index contributed by atoms with van der Waals surface area (Å²) in [6.07, 6.45) is 1.10. The van der Waals surface area contributed by atoms with E-state index in [1.54, 1.807) is 0 Å². The lowest BCUT2D eigenvalue weighted by Crippen LogP contribution is -2.61. The van der Waals surface area contributed by atoms with Gasteiger partial charge in [-0.05, 0) is 27.2 Å². The summed E-state index contributed by atoms with van der Waals surface area (Å²) in [5, 5.41) is 2.98. The third-order valence-electron chi connectivity index (χ3n) is 2.64. The summed E-state index contributed by atoms with van der Waals surface area (Å²) in [5.41, 5.74) is -0.0707. The topological polar surface area (TPSA) is 32.3 Å². The fraction of sp³-hybridized carbons (Fsp3) is 0.900. The normalized spacial score (nSPS) is 25.4. The molecule has 1 aliphatic rings. The van der Waals surface area contributed by atoms with Crippen molar-refractivity contribution in [1.82, 2.24) is 10.2 Å². The maximum absolute atomic E-state index is 11.4. The molecule has 1 atom stereocenters. The van der Waals surface area contributed by atoms with E-state index >= 15 is 0 Å². The van der Waals surface area contributed by atoms with E-state index in [0.29, 0.717) is 12.6 Å². The number of carbonyl (C=O) groups is 1. The number of hydrogen-bond acceptors (Lipinski definition) is 2.